The second kappa shape index (κ2) is 9.99. The van der Waals surface area contributed by atoms with Crippen molar-refractivity contribution in [3.63, 3.8) is 0 Å². The second-order valence-corrected chi connectivity index (χ2v) is 9.17. The normalized spacial score (nSPS) is 14.9. The molecule has 3 aromatic rings. The van der Waals surface area contributed by atoms with Crippen molar-refractivity contribution in [1.82, 2.24) is 14.8 Å². The molecule has 1 aliphatic heterocycles. The van der Waals surface area contributed by atoms with Crippen molar-refractivity contribution in [3.8, 4) is 0 Å². The summed E-state index contributed by atoms with van der Waals surface area (Å²) in [6.45, 7) is 5.40. The number of ether oxygens (including phenoxy) is 1. The molecule has 0 aliphatic carbocycles. The lowest BCUT2D eigenvalue weighted by Gasteiger charge is -2.34. The van der Waals surface area contributed by atoms with Gasteiger partial charge < -0.3 is 19.3 Å². The van der Waals surface area contributed by atoms with Crippen molar-refractivity contribution in [2.45, 2.75) is 24.8 Å². The maximum atomic E-state index is 12.9. The molecule has 1 aliphatic rings. The highest BCUT2D eigenvalue weighted by molar-refractivity contribution is 7.86. The Balaban J connectivity index is 1.37. The number of nitrogens with one attached hydrogen (secondary N) is 1. The summed E-state index contributed by atoms with van der Waals surface area (Å²) >= 11 is 0. The number of amides is 2. The van der Waals surface area contributed by atoms with E-state index in [0.29, 0.717) is 47.8 Å². The smallest absolute Gasteiger partial charge is 0.410 e. The number of benzene rings is 2. The third-order valence-electron chi connectivity index (χ3n) is 5.30. The monoisotopic (exact) mass is 466 g/mol. The van der Waals surface area contributed by atoms with E-state index in [-0.39, 0.29) is 18.1 Å². The van der Waals surface area contributed by atoms with Gasteiger partial charge >= 0.3 is 6.09 Å². The highest BCUT2D eigenvalue weighted by Gasteiger charge is 2.26. The summed E-state index contributed by atoms with van der Waals surface area (Å²) in [7, 11) is -1.50. The van der Waals surface area contributed by atoms with Crippen LogP contribution in [0.15, 0.2) is 65.7 Å². The number of rotatable bonds is 5. The lowest BCUT2D eigenvalue weighted by Crippen LogP contribution is -2.51. The van der Waals surface area contributed by atoms with E-state index in [9.17, 15) is 13.8 Å². The molecule has 9 heteroatoms. The summed E-state index contributed by atoms with van der Waals surface area (Å²) < 4.78 is 21.1. The third-order valence-corrected chi connectivity index (χ3v) is 6.45. The molecule has 1 saturated heterocycles. The highest BCUT2D eigenvalue weighted by Crippen LogP contribution is 2.21. The van der Waals surface area contributed by atoms with Crippen LogP contribution in [0.2, 0.25) is 0 Å². The van der Waals surface area contributed by atoms with Crippen molar-refractivity contribution in [3.05, 3.63) is 66.4 Å². The maximum absolute atomic E-state index is 12.9. The van der Waals surface area contributed by atoms with Crippen LogP contribution < -0.4 is 4.72 Å². The zero-order valence-electron chi connectivity index (χ0n) is 18.6. The van der Waals surface area contributed by atoms with Gasteiger partial charge in [0.05, 0.1) is 16.5 Å². The van der Waals surface area contributed by atoms with Crippen LogP contribution in [0, 0.1) is 0 Å². The Morgan fingerprint density at radius 1 is 0.970 bits per heavy atom. The molecule has 0 spiro atoms. The van der Waals surface area contributed by atoms with Gasteiger partial charge in [-0.1, -0.05) is 18.2 Å². The van der Waals surface area contributed by atoms with E-state index in [0.717, 1.165) is 5.39 Å². The van der Waals surface area contributed by atoms with Crippen molar-refractivity contribution in [2.24, 2.45) is 0 Å². The van der Waals surface area contributed by atoms with E-state index in [1.54, 1.807) is 46.3 Å². The SMILES string of the molecule is CC(C)OC(=O)N1CCN(C(=O)c2ccc(NS(=O)c3cccc4cccnc34)cc2)CC1. The Hall–Kier alpha value is -3.46. The molecule has 2 aromatic carbocycles. The van der Waals surface area contributed by atoms with Crippen LogP contribution in [-0.4, -0.2) is 63.3 Å². The van der Waals surface area contributed by atoms with Crippen LogP contribution in [0.3, 0.4) is 0 Å². The topological polar surface area (TPSA) is 91.8 Å². The number of carbonyl (C=O) groups is 2. The number of para-hydroxylation sites is 1. The standard InChI is InChI=1S/C24H26N4O4S/c1-17(2)32-24(30)28-15-13-27(14-16-28)23(29)19-8-10-20(11-9-19)26-33(31)21-7-3-5-18-6-4-12-25-22(18)21/h3-12,17,26H,13-16H2,1-2H3. The van der Waals surface area contributed by atoms with Crippen LogP contribution in [-0.2, 0) is 15.7 Å². The fraction of sp³-hybridized carbons (Fsp3) is 0.292. The molecule has 33 heavy (non-hydrogen) atoms. The van der Waals surface area contributed by atoms with Crippen molar-refractivity contribution < 1.29 is 18.5 Å². The van der Waals surface area contributed by atoms with Gasteiger partial charge in [0.25, 0.3) is 5.91 Å². The van der Waals surface area contributed by atoms with Crippen molar-refractivity contribution >= 4 is 39.6 Å². The molecule has 1 atom stereocenters. The number of anilines is 1. The Morgan fingerprint density at radius 2 is 1.64 bits per heavy atom. The molecule has 172 valence electrons. The van der Waals surface area contributed by atoms with Crippen LogP contribution in [0.1, 0.15) is 24.2 Å². The van der Waals surface area contributed by atoms with Crippen LogP contribution >= 0.6 is 0 Å². The van der Waals surface area contributed by atoms with Gasteiger partial charge in [-0.05, 0) is 50.2 Å². The summed E-state index contributed by atoms with van der Waals surface area (Å²) in [6, 6.07) is 16.2. The third kappa shape index (κ3) is 5.31. The van der Waals surface area contributed by atoms with Gasteiger partial charge in [-0.15, -0.1) is 0 Å². The van der Waals surface area contributed by atoms with E-state index in [1.165, 1.54) is 0 Å². The molecular weight excluding hydrogens is 440 g/mol. The van der Waals surface area contributed by atoms with Crippen molar-refractivity contribution in [1.29, 1.82) is 0 Å². The number of hydrogen-bond donors (Lipinski definition) is 1. The molecular formula is C24H26N4O4S. The van der Waals surface area contributed by atoms with E-state index < -0.39 is 11.0 Å². The van der Waals surface area contributed by atoms with Gasteiger partial charge in [0.1, 0.15) is 0 Å². The largest absolute Gasteiger partial charge is 0.447 e. The van der Waals surface area contributed by atoms with Gasteiger partial charge in [0, 0.05) is 49.0 Å². The Kier molecular flexibility index (Phi) is 6.88. The molecule has 2 amide bonds. The van der Waals surface area contributed by atoms with Gasteiger partial charge in [0.2, 0.25) is 0 Å². The Bertz CT molecular complexity index is 1170. The zero-order chi connectivity index (χ0) is 23.4. The van der Waals surface area contributed by atoms with Crippen LogP contribution in [0.4, 0.5) is 10.5 Å². The first-order valence-corrected chi connectivity index (χ1v) is 11.9. The second-order valence-electron chi connectivity index (χ2n) is 7.99. The quantitative estimate of drug-likeness (QED) is 0.619. The number of pyridine rings is 1. The van der Waals surface area contributed by atoms with Crippen LogP contribution in [0.25, 0.3) is 10.9 Å². The Labute approximate surface area is 195 Å². The summed E-state index contributed by atoms with van der Waals surface area (Å²) in [5.74, 6) is -0.0993. The minimum Gasteiger partial charge on any atom is -0.447 e. The molecule has 4 rings (SSSR count). The van der Waals surface area contributed by atoms with Crippen molar-refractivity contribution in [2.75, 3.05) is 30.9 Å². The summed E-state index contributed by atoms with van der Waals surface area (Å²) in [5.41, 5.74) is 1.87. The number of hydrogen-bond acceptors (Lipinski definition) is 5. The number of piperazine rings is 1. The molecule has 1 unspecified atom stereocenters. The molecule has 0 radical (unpaired) electrons. The van der Waals surface area contributed by atoms with E-state index in [2.05, 4.69) is 9.71 Å². The fourth-order valence-corrected chi connectivity index (χ4v) is 4.63. The maximum Gasteiger partial charge on any atom is 0.410 e. The van der Waals surface area contributed by atoms with E-state index in [1.807, 2.05) is 38.1 Å². The first kappa shape index (κ1) is 22.7. The molecule has 1 fully saturated rings. The number of aromatic nitrogens is 1. The average molecular weight is 467 g/mol. The minimum absolute atomic E-state index is 0.0993. The molecule has 1 aromatic heterocycles. The minimum atomic E-state index is -1.50. The Morgan fingerprint density at radius 3 is 2.33 bits per heavy atom. The fourth-order valence-electron chi connectivity index (χ4n) is 3.62. The highest BCUT2D eigenvalue weighted by atomic mass is 32.2. The number of fused-ring (bicyclic) bond motifs is 1. The molecule has 1 N–H and O–H groups in total. The molecule has 0 bridgehead atoms. The first-order chi connectivity index (χ1) is 15.9. The lowest BCUT2D eigenvalue weighted by molar-refractivity contribution is 0.0476. The lowest BCUT2D eigenvalue weighted by atomic mass is 10.1. The zero-order valence-corrected chi connectivity index (χ0v) is 19.4. The number of carbonyl (C=O) groups excluding carboxylic acids is 2. The number of nitrogens with zero attached hydrogens (tertiary/aromatic N) is 3. The van der Waals surface area contributed by atoms with E-state index >= 15 is 0 Å². The van der Waals surface area contributed by atoms with E-state index in [4.69, 9.17) is 4.74 Å². The van der Waals surface area contributed by atoms with Gasteiger partial charge in [0.15, 0.2) is 11.0 Å². The predicted molar refractivity (Wildman–Crippen MR) is 127 cm³/mol. The van der Waals surface area contributed by atoms with Crippen LogP contribution in [0.5, 0.6) is 0 Å². The van der Waals surface area contributed by atoms with Gasteiger partial charge in [-0.25, -0.2) is 9.00 Å². The summed E-state index contributed by atoms with van der Waals surface area (Å²) in [6.07, 6.45) is 1.16. The molecule has 8 nitrogen and oxygen atoms in total. The molecule has 0 saturated carbocycles. The van der Waals surface area contributed by atoms with Gasteiger partial charge in [-0.3, -0.25) is 9.78 Å². The first-order valence-electron chi connectivity index (χ1n) is 10.8. The van der Waals surface area contributed by atoms with Gasteiger partial charge in [-0.2, -0.15) is 0 Å². The summed E-state index contributed by atoms with van der Waals surface area (Å²) in [5, 5.41) is 0.920. The average Bonchev–Trinajstić information content (AvgIpc) is 2.83. The molecule has 2 heterocycles. The predicted octanol–water partition coefficient (Wildman–Crippen LogP) is 3.67. The summed E-state index contributed by atoms with van der Waals surface area (Å²) in [4.78, 5) is 33.2.